The number of hydrogen-bond donors (Lipinski definition) is 1. The highest BCUT2D eigenvalue weighted by Gasteiger charge is 2.37. The van der Waals surface area contributed by atoms with Crippen LogP contribution in [0.4, 0.5) is 13.2 Å². The average Bonchev–Trinajstić information content (AvgIpc) is 2.34. The molecule has 0 aliphatic carbocycles. The van der Waals surface area contributed by atoms with Crippen LogP contribution in [0.1, 0.15) is 15.9 Å². The smallest absolute Gasteiger partial charge is 0.267 e. The number of carbonyl (C=O) groups is 1. The molecule has 19 heavy (non-hydrogen) atoms. The highest BCUT2D eigenvalue weighted by atomic mass is 35.5. The first-order chi connectivity index (χ1) is 8.70. The highest BCUT2D eigenvalue weighted by molar-refractivity contribution is 6.34. The molecule has 0 spiro atoms. The largest absolute Gasteiger partial charge is 0.417 e. The molecule has 0 unspecified atom stereocenters. The van der Waals surface area contributed by atoms with Crippen molar-refractivity contribution in [3.63, 3.8) is 0 Å². The number of alkyl halides is 3. The van der Waals surface area contributed by atoms with Crippen molar-refractivity contribution in [2.24, 2.45) is 5.84 Å². The minimum atomic E-state index is -4.72. The van der Waals surface area contributed by atoms with Crippen LogP contribution in [0.5, 0.6) is 0 Å². The van der Waals surface area contributed by atoms with E-state index in [1.807, 2.05) is 0 Å². The molecule has 1 aromatic rings. The molecule has 0 saturated carbocycles. The summed E-state index contributed by atoms with van der Waals surface area (Å²) in [6.07, 6.45) is -3.58. The van der Waals surface area contributed by atoms with E-state index < -0.39 is 23.2 Å². The molecule has 0 saturated heterocycles. The number of carbonyl (C=O) groups excluding carboxylic acids is 1. The van der Waals surface area contributed by atoms with Gasteiger partial charge in [-0.05, 0) is 18.2 Å². The number of nitrogens with two attached hydrogens (primary N) is 1. The lowest BCUT2D eigenvalue weighted by Crippen LogP contribution is -2.37. The maximum atomic E-state index is 12.8. The van der Waals surface area contributed by atoms with E-state index in [0.717, 1.165) is 18.2 Å². The molecule has 0 radical (unpaired) electrons. The minimum absolute atomic E-state index is 0.0435. The van der Waals surface area contributed by atoms with Crippen LogP contribution in [-0.2, 0) is 6.18 Å². The predicted molar refractivity (Wildman–Crippen MR) is 66.1 cm³/mol. The van der Waals surface area contributed by atoms with Crippen LogP contribution < -0.4 is 5.84 Å². The van der Waals surface area contributed by atoms with E-state index in [-0.39, 0.29) is 10.7 Å². The predicted octanol–water partition coefficient (Wildman–Crippen LogP) is 3.37. The van der Waals surface area contributed by atoms with E-state index >= 15 is 0 Å². The fourth-order valence-corrected chi connectivity index (χ4v) is 1.58. The first-order valence-corrected chi connectivity index (χ1v) is 5.34. The van der Waals surface area contributed by atoms with Crippen molar-refractivity contribution in [3.8, 4) is 0 Å². The van der Waals surface area contributed by atoms with Gasteiger partial charge in [-0.2, -0.15) is 13.2 Å². The Balaban J connectivity index is 3.38. The SMILES string of the molecule is C=CC(=C)N(N)C(=O)c1c(Cl)cccc1C(F)(F)F. The maximum Gasteiger partial charge on any atom is 0.417 e. The molecule has 0 aliphatic rings. The van der Waals surface area contributed by atoms with Crippen LogP contribution >= 0.6 is 11.6 Å². The van der Waals surface area contributed by atoms with Crippen molar-refractivity contribution in [2.75, 3.05) is 0 Å². The summed E-state index contributed by atoms with van der Waals surface area (Å²) in [6.45, 7) is 6.70. The van der Waals surface area contributed by atoms with E-state index in [0.29, 0.717) is 5.01 Å². The molecule has 0 fully saturated rings. The van der Waals surface area contributed by atoms with Gasteiger partial charge in [0, 0.05) is 0 Å². The van der Waals surface area contributed by atoms with Gasteiger partial charge in [0.1, 0.15) is 0 Å². The summed E-state index contributed by atoms with van der Waals surface area (Å²) >= 11 is 5.66. The van der Waals surface area contributed by atoms with Crippen LogP contribution in [0.25, 0.3) is 0 Å². The van der Waals surface area contributed by atoms with Gasteiger partial charge < -0.3 is 0 Å². The number of nitrogens with zero attached hydrogens (tertiary/aromatic N) is 1. The molecule has 2 N–H and O–H groups in total. The van der Waals surface area contributed by atoms with Gasteiger partial charge in [0.15, 0.2) is 0 Å². The van der Waals surface area contributed by atoms with Crippen LogP contribution in [0, 0.1) is 0 Å². The Kier molecular flexibility index (Phi) is 4.39. The Morgan fingerprint density at radius 3 is 2.47 bits per heavy atom. The van der Waals surface area contributed by atoms with Crippen molar-refractivity contribution in [1.29, 1.82) is 0 Å². The second kappa shape index (κ2) is 5.46. The summed E-state index contributed by atoms with van der Waals surface area (Å²) in [7, 11) is 0. The third-order valence-corrected chi connectivity index (χ3v) is 2.61. The first kappa shape index (κ1) is 15.3. The molecule has 0 bridgehead atoms. The normalized spacial score (nSPS) is 11.0. The van der Waals surface area contributed by atoms with Gasteiger partial charge in [-0.3, -0.25) is 4.79 Å². The Bertz CT molecular complexity index is 540. The monoisotopic (exact) mass is 290 g/mol. The van der Waals surface area contributed by atoms with Crippen LogP contribution in [0.3, 0.4) is 0 Å². The second-order valence-electron chi connectivity index (χ2n) is 3.53. The average molecular weight is 291 g/mol. The molecular formula is C12H10ClF3N2O. The van der Waals surface area contributed by atoms with E-state index in [1.165, 1.54) is 6.07 Å². The third-order valence-electron chi connectivity index (χ3n) is 2.30. The molecule has 1 rings (SSSR count). The van der Waals surface area contributed by atoms with Crippen molar-refractivity contribution in [1.82, 2.24) is 5.01 Å². The quantitative estimate of drug-likeness (QED) is 0.401. The molecule has 0 aromatic heterocycles. The fraction of sp³-hybridized carbons (Fsp3) is 0.0833. The van der Waals surface area contributed by atoms with E-state index in [4.69, 9.17) is 17.4 Å². The number of hydrogen-bond acceptors (Lipinski definition) is 2. The Hall–Kier alpha value is -1.79. The number of benzene rings is 1. The van der Waals surface area contributed by atoms with Crippen molar-refractivity contribution in [3.05, 3.63) is 59.3 Å². The molecule has 0 atom stereocenters. The van der Waals surface area contributed by atoms with E-state index in [9.17, 15) is 18.0 Å². The zero-order valence-electron chi connectivity index (χ0n) is 9.67. The van der Waals surface area contributed by atoms with Gasteiger partial charge in [-0.25, -0.2) is 10.9 Å². The van der Waals surface area contributed by atoms with Gasteiger partial charge in [0.25, 0.3) is 5.91 Å². The van der Waals surface area contributed by atoms with Crippen LogP contribution in [-0.4, -0.2) is 10.9 Å². The maximum absolute atomic E-state index is 12.8. The summed E-state index contributed by atoms with van der Waals surface area (Å²) in [5, 5.41) is 0.121. The lowest BCUT2D eigenvalue weighted by Gasteiger charge is -2.20. The molecular weight excluding hydrogens is 281 g/mol. The Labute approximate surface area is 112 Å². The number of allylic oxidation sites excluding steroid dienone is 1. The molecule has 7 heteroatoms. The first-order valence-electron chi connectivity index (χ1n) is 4.96. The standard InChI is InChI=1S/C12H10ClF3N2O/c1-3-7(2)18(17)11(19)10-8(12(14,15)16)5-4-6-9(10)13/h3-6H,1-2,17H2. The number of amides is 1. The summed E-state index contributed by atoms with van der Waals surface area (Å²) in [6, 6.07) is 3.03. The lowest BCUT2D eigenvalue weighted by atomic mass is 10.1. The molecule has 0 heterocycles. The summed E-state index contributed by atoms with van der Waals surface area (Å²) < 4.78 is 38.5. The molecule has 102 valence electrons. The van der Waals surface area contributed by atoms with Crippen molar-refractivity contribution in [2.45, 2.75) is 6.18 Å². The Morgan fingerprint density at radius 1 is 1.42 bits per heavy atom. The summed E-state index contributed by atoms with van der Waals surface area (Å²) in [4.78, 5) is 11.9. The van der Waals surface area contributed by atoms with E-state index in [1.54, 1.807) is 0 Å². The van der Waals surface area contributed by atoms with Crippen molar-refractivity contribution < 1.29 is 18.0 Å². The molecule has 3 nitrogen and oxygen atoms in total. The highest BCUT2D eigenvalue weighted by Crippen LogP contribution is 2.35. The molecule has 1 aromatic carbocycles. The third kappa shape index (κ3) is 3.15. The summed E-state index contributed by atoms with van der Waals surface area (Å²) in [5.41, 5.74) is -1.92. The number of rotatable bonds is 3. The van der Waals surface area contributed by atoms with Crippen LogP contribution in [0.2, 0.25) is 5.02 Å². The van der Waals surface area contributed by atoms with Gasteiger partial charge in [0.05, 0.1) is 21.8 Å². The molecule has 0 aliphatic heterocycles. The summed E-state index contributed by atoms with van der Waals surface area (Å²) in [5.74, 6) is 4.26. The lowest BCUT2D eigenvalue weighted by molar-refractivity contribution is -0.138. The van der Waals surface area contributed by atoms with Crippen molar-refractivity contribution >= 4 is 17.5 Å². The zero-order valence-corrected chi connectivity index (χ0v) is 10.4. The number of hydrazine groups is 1. The number of halogens is 4. The topological polar surface area (TPSA) is 46.3 Å². The zero-order chi connectivity index (χ0) is 14.8. The fourth-order valence-electron chi connectivity index (χ4n) is 1.33. The van der Waals surface area contributed by atoms with Gasteiger partial charge in [0.2, 0.25) is 0 Å². The van der Waals surface area contributed by atoms with Gasteiger partial charge in [-0.15, -0.1) is 0 Å². The van der Waals surface area contributed by atoms with Crippen LogP contribution in [0.15, 0.2) is 43.1 Å². The minimum Gasteiger partial charge on any atom is -0.267 e. The second-order valence-corrected chi connectivity index (χ2v) is 3.94. The van der Waals surface area contributed by atoms with Gasteiger partial charge in [-0.1, -0.05) is 30.8 Å². The Morgan fingerprint density at radius 2 is 2.00 bits per heavy atom. The molecule has 1 amide bonds. The van der Waals surface area contributed by atoms with E-state index in [2.05, 4.69) is 13.2 Å². The van der Waals surface area contributed by atoms with Gasteiger partial charge >= 0.3 is 6.18 Å².